The van der Waals surface area contributed by atoms with Crippen LogP contribution in [0.2, 0.25) is 0 Å². The van der Waals surface area contributed by atoms with Gasteiger partial charge in [-0.3, -0.25) is 0 Å². The molecule has 0 saturated carbocycles. The van der Waals surface area contributed by atoms with Gasteiger partial charge in [-0.15, -0.1) is 25.6 Å². The lowest BCUT2D eigenvalue weighted by molar-refractivity contribution is 1.23. The Hall–Kier alpha value is -6.08. The largest absolute Gasteiger partial charge is 0.398 e. The lowest BCUT2D eigenvalue weighted by Gasteiger charge is -2.07. The SMILES string of the molecule is Nc1ccc(N=Nc2ccc(N=Nc3ccc(N=Nc4ccccc4)c4ccccc34)c3ccccc23)c2ccccc12. The van der Waals surface area contributed by atoms with Gasteiger partial charge in [0, 0.05) is 38.0 Å². The van der Waals surface area contributed by atoms with E-state index >= 15 is 0 Å². The van der Waals surface area contributed by atoms with E-state index in [9.17, 15) is 0 Å². The molecule has 0 heterocycles. The summed E-state index contributed by atoms with van der Waals surface area (Å²) in [6.07, 6.45) is 0. The molecule has 0 unspecified atom stereocenters. The molecule has 2 N–H and O–H groups in total. The molecule has 43 heavy (non-hydrogen) atoms. The molecule has 0 aliphatic carbocycles. The first-order valence-electron chi connectivity index (χ1n) is 13.9. The van der Waals surface area contributed by atoms with E-state index in [-0.39, 0.29) is 0 Å². The average Bonchev–Trinajstić information content (AvgIpc) is 3.07. The predicted octanol–water partition coefficient (Wildman–Crippen LogP) is 12.0. The molecule has 7 aromatic rings. The van der Waals surface area contributed by atoms with Gasteiger partial charge in [0.25, 0.3) is 0 Å². The molecule has 7 heteroatoms. The van der Waals surface area contributed by atoms with E-state index in [0.29, 0.717) is 5.69 Å². The van der Waals surface area contributed by atoms with Crippen LogP contribution in [0.3, 0.4) is 0 Å². The van der Waals surface area contributed by atoms with E-state index in [1.54, 1.807) is 0 Å². The summed E-state index contributed by atoms with van der Waals surface area (Å²) in [6, 6.07) is 45.1. The molecule has 0 radical (unpaired) electrons. The molecule has 7 nitrogen and oxygen atoms in total. The lowest BCUT2D eigenvalue weighted by Crippen LogP contribution is -1.86. The minimum atomic E-state index is 0.716. The van der Waals surface area contributed by atoms with Crippen LogP contribution < -0.4 is 5.73 Å². The van der Waals surface area contributed by atoms with Gasteiger partial charge >= 0.3 is 0 Å². The third kappa shape index (κ3) is 5.23. The van der Waals surface area contributed by atoms with Crippen molar-refractivity contribution in [2.45, 2.75) is 0 Å². The van der Waals surface area contributed by atoms with E-state index in [2.05, 4.69) is 30.7 Å². The highest BCUT2D eigenvalue weighted by Gasteiger charge is 2.09. The number of nitrogens with two attached hydrogens (primary N) is 1. The first kappa shape index (κ1) is 25.9. The van der Waals surface area contributed by atoms with Crippen molar-refractivity contribution in [2.24, 2.45) is 30.7 Å². The Bertz CT molecular complexity index is 2200. The molecular formula is C36H25N7. The smallest absolute Gasteiger partial charge is 0.0936 e. The Labute approximate surface area is 247 Å². The highest BCUT2D eigenvalue weighted by molar-refractivity contribution is 6.02. The summed E-state index contributed by atoms with van der Waals surface area (Å²) >= 11 is 0. The van der Waals surface area contributed by atoms with Gasteiger partial charge in [-0.05, 0) is 48.5 Å². The number of fused-ring (bicyclic) bond motifs is 3. The molecular weight excluding hydrogens is 530 g/mol. The average molecular weight is 556 g/mol. The molecule has 7 rings (SSSR count). The van der Waals surface area contributed by atoms with Gasteiger partial charge in [0.15, 0.2) is 0 Å². The molecule has 0 aliphatic rings. The molecule has 0 atom stereocenters. The number of hydrogen-bond acceptors (Lipinski definition) is 7. The van der Waals surface area contributed by atoms with Gasteiger partial charge in [-0.1, -0.05) is 91.0 Å². The normalized spacial score (nSPS) is 12.0. The molecule has 0 spiro atoms. The number of nitrogens with zero attached hydrogens (tertiary/aromatic N) is 6. The minimum absolute atomic E-state index is 0.716. The Kier molecular flexibility index (Phi) is 6.87. The van der Waals surface area contributed by atoms with Crippen molar-refractivity contribution < 1.29 is 0 Å². The van der Waals surface area contributed by atoms with Crippen molar-refractivity contribution in [2.75, 3.05) is 5.73 Å². The third-order valence-corrected chi connectivity index (χ3v) is 7.25. The zero-order chi connectivity index (χ0) is 29.0. The summed E-state index contributed by atoms with van der Waals surface area (Å²) in [5.41, 5.74) is 11.4. The van der Waals surface area contributed by atoms with Crippen LogP contribution in [-0.2, 0) is 0 Å². The van der Waals surface area contributed by atoms with Gasteiger partial charge in [0.2, 0.25) is 0 Å². The number of rotatable bonds is 6. The first-order valence-corrected chi connectivity index (χ1v) is 13.9. The van der Waals surface area contributed by atoms with Gasteiger partial charge < -0.3 is 5.73 Å². The van der Waals surface area contributed by atoms with Crippen LogP contribution >= 0.6 is 0 Å². The van der Waals surface area contributed by atoms with Crippen LogP contribution in [0.25, 0.3) is 32.3 Å². The predicted molar refractivity (Wildman–Crippen MR) is 175 cm³/mol. The first-order chi connectivity index (χ1) is 21.2. The van der Waals surface area contributed by atoms with Crippen molar-refractivity contribution in [3.05, 3.63) is 140 Å². The van der Waals surface area contributed by atoms with Crippen molar-refractivity contribution in [3.63, 3.8) is 0 Å². The van der Waals surface area contributed by atoms with E-state index in [1.807, 2.05) is 140 Å². The zero-order valence-corrected chi connectivity index (χ0v) is 23.0. The maximum absolute atomic E-state index is 6.17. The molecule has 204 valence electrons. The van der Waals surface area contributed by atoms with Crippen LogP contribution in [-0.4, -0.2) is 0 Å². The molecule has 0 aliphatic heterocycles. The van der Waals surface area contributed by atoms with Crippen molar-refractivity contribution >= 4 is 72.1 Å². The van der Waals surface area contributed by atoms with Crippen LogP contribution in [0.15, 0.2) is 170 Å². The molecule has 0 aromatic heterocycles. The summed E-state index contributed by atoms with van der Waals surface area (Å²) in [4.78, 5) is 0. The van der Waals surface area contributed by atoms with Gasteiger partial charge in [-0.2, -0.15) is 5.11 Å². The Balaban J connectivity index is 1.23. The second-order valence-corrected chi connectivity index (χ2v) is 9.95. The fraction of sp³-hybridized carbons (Fsp3) is 0. The number of benzene rings is 7. The van der Waals surface area contributed by atoms with E-state index in [0.717, 1.165) is 66.4 Å². The maximum atomic E-state index is 6.17. The Morgan fingerprint density at radius 1 is 0.279 bits per heavy atom. The van der Waals surface area contributed by atoms with Crippen LogP contribution in [0.1, 0.15) is 0 Å². The van der Waals surface area contributed by atoms with Crippen molar-refractivity contribution in [1.82, 2.24) is 0 Å². The quantitative estimate of drug-likeness (QED) is 0.160. The van der Waals surface area contributed by atoms with E-state index < -0.39 is 0 Å². The van der Waals surface area contributed by atoms with E-state index in [1.165, 1.54) is 0 Å². The second-order valence-electron chi connectivity index (χ2n) is 9.95. The zero-order valence-electron chi connectivity index (χ0n) is 23.0. The molecule has 0 fully saturated rings. The fourth-order valence-electron chi connectivity index (χ4n) is 5.10. The highest BCUT2D eigenvalue weighted by Crippen LogP contribution is 2.39. The van der Waals surface area contributed by atoms with Crippen LogP contribution in [0.4, 0.5) is 39.8 Å². The summed E-state index contributed by atoms with van der Waals surface area (Å²) in [7, 11) is 0. The second kappa shape index (κ2) is 11.4. The van der Waals surface area contributed by atoms with Crippen LogP contribution in [0.5, 0.6) is 0 Å². The maximum Gasteiger partial charge on any atom is 0.0936 e. The number of azo groups is 3. The third-order valence-electron chi connectivity index (χ3n) is 7.25. The Morgan fingerprint density at radius 2 is 0.581 bits per heavy atom. The molecule has 0 saturated heterocycles. The highest BCUT2D eigenvalue weighted by atomic mass is 15.1. The summed E-state index contributed by atoms with van der Waals surface area (Å²) in [5, 5.41) is 33.1. The summed E-state index contributed by atoms with van der Waals surface area (Å²) in [5.74, 6) is 0. The number of hydrogen-bond donors (Lipinski definition) is 1. The summed E-state index contributed by atoms with van der Waals surface area (Å²) < 4.78 is 0. The van der Waals surface area contributed by atoms with Gasteiger partial charge in [-0.25, -0.2) is 0 Å². The van der Waals surface area contributed by atoms with Crippen molar-refractivity contribution in [3.8, 4) is 0 Å². The van der Waals surface area contributed by atoms with Gasteiger partial charge in [0.1, 0.15) is 0 Å². The minimum Gasteiger partial charge on any atom is -0.398 e. The standard InChI is InChI=1S/C36H25N7/c37-31-18-19-32(26-13-5-4-12-25(26)31)40-41-35-22-23-36(30-17-9-8-16-29(30)35)43-42-34-21-20-33(27-14-6-7-15-28(27)34)39-38-24-10-2-1-3-11-24/h1-23H,37H2. The number of anilines is 1. The molecule has 0 amide bonds. The molecule has 0 bridgehead atoms. The topological polar surface area (TPSA) is 100 Å². The fourth-order valence-corrected chi connectivity index (χ4v) is 5.10. The van der Waals surface area contributed by atoms with E-state index in [4.69, 9.17) is 5.73 Å². The van der Waals surface area contributed by atoms with Crippen molar-refractivity contribution in [1.29, 1.82) is 0 Å². The summed E-state index contributed by atoms with van der Waals surface area (Å²) in [6.45, 7) is 0. The molecule has 7 aromatic carbocycles. The Morgan fingerprint density at radius 3 is 1.00 bits per heavy atom. The lowest BCUT2D eigenvalue weighted by atomic mass is 10.1. The number of nitrogen functional groups attached to an aromatic ring is 1. The van der Waals surface area contributed by atoms with Crippen LogP contribution in [0, 0.1) is 0 Å². The monoisotopic (exact) mass is 555 g/mol. The van der Waals surface area contributed by atoms with Gasteiger partial charge in [0.05, 0.1) is 34.1 Å².